The summed E-state index contributed by atoms with van der Waals surface area (Å²) in [6.45, 7) is 0. The standard InChI is InChI=1S/C10H8N4O/c15-7-9-1-3-10(4-2-9)12-13-14-6-5-11-8-14/h1-8H. The normalized spacial score (nSPS) is 10.7. The number of benzene rings is 1. The van der Waals surface area contributed by atoms with Gasteiger partial charge in [0, 0.05) is 11.8 Å². The first-order valence-electron chi connectivity index (χ1n) is 4.34. The highest BCUT2D eigenvalue weighted by atomic mass is 16.1. The van der Waals surface area contributed by atoms with Gasteiger partial charge in [-0.3, -0.25) is 4.79 Å². The predicted molar refractivity (Wildman–Crippen MR) is 54.0 cm³/mol. The molecule has 2 rings (SSSR count). The second kappa shape index (κ2) is 4.28. The van der Waals surface area contributed by atoms with Crippen LogP contribution in [0.15, 0.2) is 53.3 Å². The van der Waals surface area contributed by atoms with E-state index in [9.17, 15) is 4.79 Å². The quantitative estimate of drug-likeness (QED) is 0.563. The van der Waals surface area contributed by atoms with Gasteiger partial charge in [0.05, 0.1) is 11.9 Å². The van der Waals surface area contributed by atoms with E-state index in [0.29, 0.717) is 11.3 Å². The van der Waals surface area contributed by atoms with Crippen molar-refractivity contribution in [3.05, 3.63) is 48.5 Å². The number of hydrogen-bond acceptors (Lipinski definition) is 4. The number of hydrogen-bond donors (Lipinski definition) is 0. The third kappa shape index (κ3) is 2.34. The maximum absolute atomic E-state index is 10.4. The number of aromatic nitrogens is 2. The smallest absolute Gasteiger partial charge is 0.150 e. The fourth-order valence-corrected chi connectivity index (χ4v) is 1.03. The molecule has 0 unspecified atom stereocenters. The van der Waals surface area contributed by atoms with E-state index in [4.69, 9.17) is 0 Å². The van der Waals surface area contributed by atoms with Gasteiger partial charge in [-0.2, -0.15) is 0 Å². The Bertz CT molecular complexity index is 459. The van der Waals surface area contributed by atoms with E-state index in [0.717, 1.165) is 6.29 Å². The van der Waals surface area contributed by atoms with E-state index in [1.165, 1.54) is 4.68 Å². The zero-order chi connectivity index (χ0) is 10.5. The van der Waals surface area contributed by atoms with Gasteiger partial charge in [0.1, 0.15) is 12.6 Å². The zero-order valence-corrected chi connectivity index (χ0v) is 7.82. The van der Waals surface area contributed by atoms with Crippen LogP contribution in [-0.4, -0.2) is 15.9 Å². The van der Waals surface area contributed by atoms with Crippen LogP contribution in [0, 0.1) is 0 Å². The first-order valence-corrected chi connectivity index (χ1v) is 4.34. The van der Waals surface area contributed by atoms with E-state index in [1.54, 1.807) is 43.0 Å². The maximum Gasteiger partial charge on any atom is 0.150 e. The molecule has 0 fully saturated rings. The number of carbonyl (C=O) groups excluding carboxylic acids is 1. The van der Waals surface area contributed by atoms with Crippen molar-refractivity contribution in [3.63, 3.8) is 0 Å². The number of imidazole rings is 1. The average Bonchev–Trinajstić information content (AvgIpc) is 2.80. The first-order chi connectivity index (χ1) is 7.38. The van der Waals surface area contributed by atoms with Gasteiger partial charge < -0.3 is 0 Å². The summed E-state index contributed by atoms with van der Waals surface area (Å²) in [7, 11) is 0. The molecule has 0 atom stereocenters. The molecule has 1 heterocycles. The number of rotatable bonds is 3. The van der Waals surface area contributed by atoms with Crippen LogP contribution in [0.25, 0.3) is 0 Å². The Hall–Kier alpha value is -2.30. The molecule has 0 spiro atoms. The van der Waals surface area contributed by atoms with Crippen molar-refractivity contribution in [1.29, 1.82) is 0 Å². The summed E-state index contributed by atoms with van der Waals surface area (Å²) in [4.78, 5) is 14.2. The summed E-state index contributed by atoms with van der Waals surface area (Å²) in [6.07, 6.45) is 5.64. The molecule has 0 aliphatic carbocycles. The van der Waals surface area contributed by atoms with Gasteiger partial charge >= 0.3 is 0 Å². The maximum atomic E-state index is 10.4. The minimum absolute atomic E-state index is 0.622. The second-order valence-corrected chi connectivity index (χ2v) is 2.84. The molecule has 5 heteroatoms. The van der Waals surface area contributed by atoms with Crippen molar-refractivity contribution in [1.82, 2.24) is 9.66 Å². The number of nitrogens with zero attached hydrogens (tertiary/aromatic N) is 4. The molecule has 1 aromatic carbocycles. The largest absolute Gasteiger partial charge is 0.298 e. The van der Waals surface area contributed by atoms with Crippen LogP contribution in [0.3, 0.4) is 0 Å². The number of carbonyl (C=O) groups is 1. The van der Waals surface area contributed by atoms with Crippen LogP contribution in [0.2, 0.25) is 0 Å². The Morgan fingerprint density at radius 1 is 1.27 bits per heavy atom. The van der Waals surface area contributed by atoms with Crippen molar-refractivity contribution >= 4 is 12.0 Å². The lowest BCUT2D eigenvalue weighted by Gasteiger charge is -1.92. The Morgan fingerprint density at radius 3 is 2.67 bits per heavy atom. The first kappa shape index (κ1) is 9.26. The van der Waals surface area contributed by atoms with Crippen molar-refractivity contribution in [2.24, 2.45) is 10.3 Å². The molecule has 0 radical (unpaired) electrons. The Kier molecular flexibility index (Phi) is 2.64. The highest BCUT2D eigenvalue weighted by Gasteiger charge is 1.91. The van der Waals surface area contributed by atoms with E-state index in [-0.39, 0.29) is 0 Å². The van der Waals surface area contributed by atoms with Crippen LogP contribution in [0.1, 0.15) is 10.4 Å². The van der Waals surface area contributed by atoms with Gasteiger partial charge in [-0.15, -0.1) is 5.11 Å². The van der Waals surface area contributed by atoms with Crippen molar-refractivity contribution in [3.8, 4) is 0 Å². The summed E-state index contributed by atoms with van der Waals surface area (Å²) < 4.78 is 1.49. The molecule has 0 saturated carbocycles. The van der Waals surface area contributed by atoms with Crippen molar-refractivity contribution in [2.45, 2.75) is 0 Å². The Morgan fingerprint density at radius 2 is 2.07 bits per heavy atom. The lowest BCUT2D eigenvalue weighted by atomic mass is 10.2. The summed E-state index contributed by atoms with van der Waals surface area (Å²) >= 11 is 0. The average molecular weight is 200 g/mol. The van der Waals surface area contributed by atoms with Crippen molar-refractivity contribution < 1.29 is 4.79 Å². The van der Waals surface area contributed by atoms with E-state index in [2.05, 4.69) is 15.3 Å². The molecular formula is C10H8N4O. The van der Waals surface area contributed by atoms with Gasteiger partial charge in [-0.1, -0.05) is 5.22 Å². The van der Waals surface area contributed by atoms with Crippen LogP contribution in [0.5, 0.6) is 0 Å². The monoisotopic (exact) mass is 200 g/mol. The number of aldehydes is 1. The van der Waals surface area contributed by atoms with Gasteiger partial charge in [0.25, 0.3) is 0 Å². The topological polar surface area (TPSA) is 59.6 Å². The molecule has 0 bridgehead atoms. The summed E-state index contributed by atoms with van der Waals surface area (Å²) in [5, 5.41) is 7.84. The second-order valence-electron chi connectivity index (χ2n) is 2.84. The highest BCUT2D eigenvalue weighted by molar-refractivity contribution is 5.75. The van der Waals surface area contributed by atoms with Crippen LogP contribution in [0.4, 0.5) is 5.69 Å². The third-order valence-electron chi connectivity index (χ3n) is 1.78. The lowest BCUT2D eigenvalue weighted by Crippen LogP contribution is -1.79. The van der Waals surface area contributed by atoms with Crippen LogP contribution in [-0.2, 0) is 0 Å². The minimum Gasteiger partial charge on any atom is -0.298 e. The molecule has 0 aliphatic heterocycles. The fraction of sp³-hybridized carbons (Fsp3) is 0. The van der Waals surface area contributed by atoms with E-state index >= 15 is 0 Å². The van der Waals surface area contributed by atoms with Gasteiger partial charge in [0.2, 0.25) is 0 Å². The Labute approximate surface area is 86.1 Å². The molecule has 0 N–H and O–H groups in total. The molecule has 2 aromatic rings. The highest BCUT2D eigenvalue weighted by Crippen LogP contribution is 2.12. The molecule has 15 heavy (non-hydrogen) atoms. The van der Waals surface area contributed by atoms with Crippen molar-refractivity contribution in [2.75, 3.05) is 0 Å². The lowest BCUT2D eigenvalue weighted by molar-refractivity contribution is 0.112. The third-order valence-corrected chi connectivity index (χ3v) is 1.78. The molecule has 1 aromatic heterocycles. The Balaban J connectivity index is 2.14. The van der Waals surface area contributed by atoms with Crippen LogP contribution < -0.4 is 0 Å². The summed E-state index contributed by atoms with van der Waals surface area (Å²) in [6, 6.07) is 6.83. The van der Waals surface area contributed by atoms with E-state index in [1.807, 2.05) is 0 Å². The summed E-state index contributed by atoms with van der Waals surface area (Å²) in [5.41, 5.74) is 1.31. The molecule has 0 aliphatic rings. The molecule has 0 saturated heterocycles. The van der Waals surface area contributed by atoms with Gasteiger partial charge in [-0.25, -0.2) is 9.66 Å². The summed E-state index contributed by atoms with van der Waals surface area (Å²) in [5.74, 6) is 0. The van der Waals surface area contributed by atoms with Gasteiger partial charge in [0.15, 0.2) is 0 Å². The minimum atomic E-state index is 0.622. The van der Waals surface area contributed by atoms with E-state index < -0.39 is 0 Å². The SMILES string of the molecule is O=Cc1ccc(N=Nn2ccnc2)cc1. The zero-order valence-electron chi connectivity index (χ0n) is 7.82. The fourth-order valence-electron chi connectivity index (χ4n) is 1.03. The molecular weight excluding hydrogens is 192 g/mol. The molecule has 5 nitrogen and oxygen atoms in total. The predicted octanol–water partition coefficient (Wildman–Crippen LogP) is 2.24. The molecule has 0 amide bonds. The van der Waals surface area contributed by atoms with Crippen LogP contribution >= 0.6 is 0 Å². The molecule has 74 valence electrons. The van der Waals surface area contributed by atoms with Gasteiger partial charge in [-0.05, 0) is 24.3 Å².